The van der Waals surface area contributed by atoms with E-state index in [2.05, 4.69) is 25.3 Å². The predicted octanol–water partition coefficient (Wildman–Crippen LogP) is 12.2. The van der Waals surface area contributed by atoms with E-state index in [1.807, 2.05) is 36.5 Å². The highest BCUT2D eigenvalue weighted by Gasteiger charge is 2.22. The van der Waals surface area contributed by atoms with Crippen LogP contribution >= 0.6 is 7.82 Å². The molecule has 0 aliphatic heterocycles. The zero-order chi connectivity index (χ0) is 40.0. The van der Waals surface area contributed by atoms with Gasteiger partial charge in [-0.05, 0) is 50.5 Å². The van der Waals surface area contributed by atoms with Gasteiger partial charge in [-0.15, -0.1) is 0 Å². The summed E-state index contributed by atoms with van der Waals surface area (Å²) in [5.41, 5.74) is 0. The topological polar surface area (TPSA) is 136 Å². The van der Waals surface area contributed by atoms with E-state index in [0.29, 0.717) is 25.7 Å². The van der Waals surface area contributed by atoms with Crippen LogP contribution in [-0.2, 0) is 32.9 Å². The fraction of sp³-hybridized carbons (Fsp3) is 0.750. The Morgan fingerprint density at radius 3 is 1.69 bits per heavy atom. The standard InChI is InChI=1S/C44H77O9P/c1-4-5-28-34-41(45)35-30-25-21-17-13-11-15-19-23-27-32-37-44(47)53-42(39-52-54(48,49)50)38-51-43(46)36-31-26-22-18-14-10-8-6-7-9-12-16-20-24-29-33-40(2)3/h11,13,19,21,23,25,30,35,40,42H,4-10,12,14-18,20,22,24,26-29,31-34,36-39H2,1-3H3,(H2,48,49,50)/b13-11-,23-19-,25-21-,35-30+/t42-/m1/s1. The highest BCUT2D eigenvalue weighted by molar-refractivity contribution is 7.46. The first-order valence-corrected chi connectivity index (χ1v) is 22.8. The number of carbonyl (C=O) groups is 3. The second-order valence-electron chi connectivity index (χ2n) is 14.8. The summed E-state index contributed by atoms with van der Waals surface area (Å²) in [5, 5.41) is 0. The third-order valence-electron chi connectivity index (χ3n) is 9.00. The van der Waals surface area contributed by atoms with Gasteiger partial charge in [0.25, 0.3) is 0 Å². The number of phosphoric ester groups is 1. The molecule has 312 valence electrons. The monoisotopic (exact) mass is 781 g/mol. The first kappa shape index (κ1) is 51.7. The fourth-order valence-corrected chi connectivity index (χ4v) is 6.16. The molecule has 0 rings (SSSR count). The van der Waals surface area contributed by atoms with Crippen molar-refractivity contribution in [3.8, 4) is 0 Å². The Morgan fingerprint density at radius 2 is 1.11 bits per heavy atom. The lowest BCUT2D eigenvalue weighted by atomic mass is 10.0. The largest absolute Gasteiger partial charge is 0.469 e. The molecule has 2 N–H and O–H groups in total. The molecule has 0 bridgehead atoms. The zero-order valence-electron chi connectivity index (χ0n) is 34.3. The van der Waals surface area contributed by atoms with Crippen molar-refractivity contribution in [1.29, 1.82) is 0 Å². The normalized spacial score (nSPS) is 12.9. The van der Waals surface area contributed by atoms with Crippen molar-refractivity contribution in [2.75, 3.05) is 13.2 Å². The molecule has 0 radical (unpaired) electrons. The molecule has 0 aliphatic carbocycles. The summed E-state index contributed by atoms with van der Waals surface area (Å²) in [6.07, 6.45) is 41.1. The van der Waals surface area contributed by atoms with Crippen molar-refractivity contribution < 1.29 is 42.7 Å². The van der Waals surface area contributed by atoms with Crippen LogP contribution in [0.4, 0.5) is 0 Å². The van der Waals surface area contributed by atoms with Crippen LogP contribution in [0.5, 0.6) is 0 Å². The van der Waals surface area contributed by atoms with Crippen molar-refractivity contribution in [2.24, 2.45) is 5.92 Å². The molecule has 0 aromatic carbocycles. The van der Waals surface area contributed by atoms with Crippen molar-refractivity contribution in [3.05, 3.63) is 48.6 Å². The van der Waals surface area contributed by atoms with Crippen molar-refractivity contribution >= 4 is 25.5 Å². The number of hydrogen-bond donors (Lipinski definition) is 2. The molecule has 0 amide bonds. The van der Waals surface area contributed by atoms with E-state index in [1.54, 1.807) is 12.2 Å². The fourth-order valence-electron chi connectivity index (χ4n) is 5.80. The zero-order valence-corrected chi connectivity index (χ0v) is 35.2. The van der Waals surface area contributed by atoms with Crippen LogP contribution in [0.2, 0.25) is 0 Å². The minimum Gasteiger partial charge on any atom is -0.462 e. The number of ketones is 1. The smallest absolute Gasteiger partial charge is 0.462 e. The lowest BCUT2D eigenvalue weighted by Gasteiger charge is -2.18. The van der Waals surface area contributed by atoms with Gasteiger partial charge < -0.3 is 19.3 Å². The summed E-state index contributed by atoms with van der Waals surface area (Å²) < 4.78 is 26.3. The molecule has 10 heteroatoms. The summed E-state index contributed by atoms with van der Waals surface area (Å²) in [7, 11) is -4.78. The van der Waals surface area contributed by atoms with Crippen LogP contribution in [0.15, 0.2) is 48.6 Å². The first-order chi connectivity index (χ1) is 26.0. The maximum absolute atomic E-state index is 12.4. The minimum atomic E-state index is -4.78. The highest BCUT2D eigenvalue weighted by atomic mass is 31.2. The third kappa shape index (κ3) is 40.9. The second kappa shape index (κ2) is 37.6. The van der Waals surface area contributed by atoms with Crippen LogP contribution in [0.25, 0.3) is 0 Å². The van der Waals surface area contributed by atoms with E-state index in [4.69, 9.17) is 19.3 Å². The second-order valence-corrected chi connectivity index (χ2v) is 16.1. The summed E-state index contributed by atoms with van der Waals surface area (Å²) in [5.74, 6) is 0.0129. The lowest BCUT2D eigenvalue weighted by molar-refractivity contribution is -0.161. The van der Waals surface area contributed by atoms with Crippen LogP contribution in [0, 0.1) is 5.92 Å². The average molecular weight is 781 g/mol. The number of carbonyl (C=O) groups excluding carboxylic acids is 3. The molecule has 0 saturated carbocycles. The van der Waals surface area contributed by atoms with Crippen LogP contribution in [-0.4, -0.2) is 46.8 Å². The van der Waals surface area contributed by atoms with E-state index >= 15 is 0 Å². The number of allylic oxidation sites excluding steroid dienone is 8. The van der Waals surface area contributed by atoms with Gasteiger partial charge in [-0.3, -0.25) is 18.9 Å². The number of rotatable bonds is 38. The molecule has 0 saturated heterocycles. The van der Waals surface area contributed by atoms with E-state index in [-0.39, 0.29) is 25.2 Å². The molecule has 0 fully saturated rings. The predicted molar refractivity (Wildman–Crippen MR) is 221 cm³/mol. The maximum atomic E-state index is 12.4. The number of unbranched alkanes of at least 4 members (excludes halogenated alkanes) is 17. The quantitative estimate of drug-likeness (QED) is 0.0157. The Labute approximate surface area is 329 Å². The molecule has 0 aromatic heterocycles. The Kier molecular flexibility index (Phi) is 36.0. The summed E-state index contributed by atoms with van der Waals surface area (Å²) >= 11 is 0. The van der Waals surface area contributed by atoms with Crippen molar-refractivity contribution in [1.82, 2.24) is 0 Å². The number of ether oxygens (including phenoxy) is 2. The molecule has 0 spiro atoms. The molecule has 9 nitrogen and oxygen atoms in total. The molecule has 0 aliphatic rings. The van der Waals surface area contributed by atoms with Gasteiger partial charge in [0, 0.05) is 19.3 Å². The van der Waals surface area contributed by atoms with Gasteiger partial charge in [-0.25, -0.2) is 4.57 Å². The first-order valence-electron chi connectivity index (χ1n) is 21.2. The number of phosphoric acid groups is 1. The molecule has 0 aromatic rings. The van der Waals surface area contributed by atoms with Gasteiger partial charge in [-0.1, -0.05) is 172 Å². The van der Waals surface area contributed by atoms with E-state index in [0.717, 1.165) is 57.3 Å². The minimum absolute atomic E-state index is 0.110. The SMILES string of the molecule is CCCCCC(=O)/C=C/C=C\C/C=C\C/C=C\CCCC(=O)O[C@H](COC(=O)CCCCCCCCCCCCCCCCCC(C)C)COP(=O)(O)O. The van der Waals surface area contributed by atoms with Crippen LogP contribution in [0.1, 0.15) is 188 Å². The van der Waals surface area contributed by atoms with Crippen LogP contribution < -0.4 is 0 Å². The van der Waals surface area contributed by atoms with E-state index in [9.17, 15) is 18.9 Å². The summed E-state index contributed by atoms with van der Waals surface area (Å²) in [6, 6.07) is 0. The number of hydrogen-bond acceptors (Lipinski definition) is 7. The molecule has 1 atom stereocenters. The molecular weight excluding hydrogens is 703 g/mol. The Balaban J connectivity index is 4.03. The summed E-state index contributed by atoms with van der Waals surface area (Å²) in [6.45, 7) is 5.83. The Bertz CT molecular complexity index is 1090. The molecular formula is C44H77O9P. The van der Waals surface area contributed by atoms with Gasteiger partial charge in [0.05, 0.1) is 6.61 Å². The van der Waals surface area contributed by atoms with Gasteiger partial charge in [0.15, 0.2) is 11.9 Å². The molecule has 0 heterocycles. The molecule has 54 heavy (non-hydrogen) atoms. The summed E-state index contributed by atoms with van der Waals surface area (Å²) in [4.78, 5) is 54.5. The highest BCUT2D eigenvalue weighted by Crippen LogP contribution is 2.36. The maximum Gasteiger partial charge on any atom is 0.469 e. The average Bonchev–Trinajstić information content (AvgIpc) is 3.12. The third-order valence-corrected chi connectivity index (χ3v) is 9.49. The van der Waals surface area contributed by atoms with E-state index < -0.39 is 32.5 Å². The van der Waals surface area contributed by atoms with E-state index in [1.165, 1.54) is 77.0 Å². The Morgan fingerprint density at radius 1 is 0.593 bits per heavy atom. The van der Waals surface area contributed by atoms with Gasteiger partial charge >= 0.3 is 19.8 Å². The Hall–Kier alpha value is -2.32. The van der Waals surface area contributed by atoms with Gasteiger partial charge in [0.2, 0.25) is 0 Å². The van der Waals surface area contributed by atoms with Gasteiger partial charge in [-0.2, -0.15) is 0 Å². The van der Waals surface area contributed by atoms with Crippen molar-refractivity contribution in [2.45, 2.75) is 194 Å². The molecule has 0 unspecified atom stereocenters. The van der Waals surface area contributed by atoms with Crippen molar-refractivity contribution in [3.63, 3.8) is 0 Å². The number of esters is 2. The van der Waals surface area contributed by atoms with Crippen LogP contribution in [0.3, 0.4) is 0 Å². The van der Waals surface area contributed by atoms with Gasteiger partial charge in [0.1, 0.15) is 6.61 Å². The lowest BCUT2D eigenvalue weighted by Crippen LogP contribution is -2.29.